The van der Waals surface area contributed by atoms with E-state index in [1.807, 2.05) is 18.3 Å². The molecule has 0 bridgehead atoms. The minimum Gasteiger partial charge on any atom is -0.383 e. The first-order chi connectivity index (χ1) is 12.5. The highest BCUT2D eigenvalue weighted by Gasteiger charge is 2.42. The Morgan fingerprint density at radius 1 is 1.31 bits per heavy atom. The molecule has 1 aliphatic heterocycles. The maximum atomic E-state index is 5.68. The van der Waals surface area contributed by atoms with Gasteiger partial charge in [-0.05, 0) is 63.7 Å². The molecule has 0 spiro atoms. The van der Waals surface area contributed by atoms with Gasteiger partial charge in [-0.1, -0.05) is 6.07 Å². The molecule has 0 radical (unpaired) electrons. The minimum absolute atomic E-state index is 0.0440. The van der Waals surface area contributed by atoms with Crippen LogP contribution in [0.25, 0.3) is 0 Å². The van der Waals surface area contributed by atoms with Crippen LogP contribution in [0.15, 0.2) is 30.5 Å². The molecule has 0 saturated carbocycles. The van der Waals surface area contributed by atoms with E-state index in [1.165, 1.54) is 17.0 Å². The van der Waals surface area contributed by atoms with Crippen LogP contribution >= 0.6 is 12.2 Å². The number of methoxy groups -OCH3 is 1. The van der Waals surface area contributed by atoms with Crippen LogP contribution in [0.3, 0.4) is 0 Å². The second kappa shape index (κ2) is 7.76. The van der Waals surface area contributed by atoms with Crippen molar-refractivity contribution >= 4 is 17.3 Å². The molecule has 2 atom stereocenters. The van der Waals surface area contributed by atoms with Gasteiger partial charge in [-0.15, -0.1) is 0 Å². The van der Waals surface area contributed by atoms with Crippen LogP contribution < -0.4 is 5.32 Å². The van der Waals surface area contributed by atoms with Gasteiger partial charge in [-0.25, -0.2) is 0 Å². The number of rotatable bonds is 6. The van der Waals surface area contributed by atoms with E-state index in [0.29, 0.717) is 12.6 Å². The summed E-state index contributed by atoms with van der Waals surface area (Å²) in [5.41, 5.74) is 4.83. The van der Waals surface area contributed by atoms with E-state index in [4.69, 9.17) is 17.0 Å². The van der Waals surface area contributed by atoms with Crippen molar-refractivity contribution in [2.24, 2.45) is 0 Å². The van der Waals surface area contributed by atoms with Gasteiger partial charge in [0.25, 0.3) is 0 Å². The van der Waals surface area contributed by atoms with Crippen LogP contribution in [0.4, 0.5) is 0 Å². The minimum atomic E-state index is 0.0440. The molecule has 1 fully saturated rings. The van der Waals surface area contributed by atoms with Crippen molar-refractivity contribution in [2.45, 2.75) is 52.4 Å². The molecule has 3 rings (SSSR count). The van der Waals surface area contributed by atoms with Crippen LogP contribution in [-0.4, -0.2) is 39.3 Å². The first kappa shape index (κ1) is 18.9. The van der Waals surface area contributed by atoms with Crippen LogP contribution in [-0.2, 0) is 11.3 Å². The Kier molecular flexibility index (Phi) is 5.63. The van der Waals surface area contributed by atoms with Crippen molar-refractivity contribution in [3.05, 3.63) is 53.1 Å². The Bertz CT molecular complexity index is 772. The molecule has 26 heavy (non-hydrogen) atoms. The Hall–Kier alpha value is -1.92. The number of aromatic nitrogens is 2. The molecular weight excluding hydrogens is 344 g/mol. The molecule has 2 aromatic heterocycles. The van der Waals surface area contributed by atoms with Crippen molar-refractivity contribution in [3.63, 3.8) is 0 Å². The van der Waals surface area contributed by atoms with Gasteiger partial charge in [0.15, 0.2) is 5.11 Å². The fourth-order valence-corrected chi connectivity index (χ4v) is 4.36. The fraction of sp³-hybridized carbons (Fsp3) is 0.500. The lowest BCUT2D eigenvalue weighted by molar-refractivity contribution is 0.186. The molecule has 1 saturated heterocycles. The predicted octanol–water partition coefficient (Wildman–Crippen LogP) is 3.53. The number of nitrogens with one attached hydrogen (secondary N) is 1. The second-order valence-corrected chi connectivity index (χ2v) is 7.49. The predicted molar refractivity (Wildman–Crippen MR) is 108 cm³/mol. The van der Waals surface area contributed by atoms with Gasteiger partial charge in [-0.2, -0.15) is 0 Å². The highest BCUT2D eigenvalue weighted by molar-refractivity contribution is 7.80. The van der Waals surface area contributed by atoms with Gasteiger partial charge in [0.2, 0.25) is 0 Å². The molecule has 1 N–H and O–H groups in total. The summed E-state index contributed by atoms with van der Waals surface area (Å²) in [7, 11) is 1.74. The van der Waals surface area contributed by atoms with Gasteiger partial charge >= 0.3 is 0 Å². The lowest BCUT2D eigenvalue weighted by Crippen LogP contribution is -2.35. The van der Waals surface area contributed by atoms with Crippen molar-refractivity contribution in [1.29, 1.82) is 0 Å². The Morgan fingerprint density at radius 2 is 2.08 bits per heavy atom. The average molecular weight is 373 g/mol. The zero-order valence-corrected chi connectivity index (χ0v) is 17.0. The van der Waals surface area contributed by atoms with Gasteiger partial charge in [0.1, 0.15) is 0 Å². The normalized spacial score (nSPS) is 20.1. The van der Waals surface area contributed by atoms with E-state index in [1.54, 1.807) is 7.11 Å². The molecule has 0 aromatic carbocycles. The van der Waals surface area contributed by atoms with E-state index in [0.717, 1.165) is 17.4 Å². The highest BCUT2D eigenvalue weighted by atomic mass is 32.1. The molecule has 1 aliphatic rings. The van der Waals surface area contributed by atoms with Crippen molar-refractivity contribution < 1.29 is 4.74 Å². The van der Waals surface area contributed by atoms with Crippen molar-refractivity contribution in [3.8, 4) is 0 Å². The highest BCUT2D eigenvalue weighted by Crippen LogP contribution is 2.41. The van der Waals surface area contributed by atoms with Crippen LogP contribution in [0.2, 0.25) is 0 Å². The Balaban J connectivity index is 2.07. The maximum absolute atomic E-state index is 5.68. The molecule has 5 nitrogen and oxygen atoms in total. The van der Waals surface area contributed by atoms with Crippen LogP contribution in [0.5, 0.6) is 0 Å². The molecule has 6 heteroatoms. The molecule has 3 heterocycles. The number of hydrogen-bond donors (Lipinski definition) is 1. The summed E-state index contributed by atoms with van der Waals surface area (Å²) in [6, 6.07) is 8.81. The number of nitrogens with zero attached hydrogens (tertiary/aromatic N) is 3. The van der Waals surface area contributed by atoms with E-state index in [2.05, 4.69) is 59.6 Å². The van der Waals surface area contributed by atoms with Crippen molar-refractivity contribution in [2.75, 3.05) is 13.7 Å². The van der Waals surface area contributed by atoms with Gasteiger partial charge in [-0.3, -0.25) is 4.98 Å². The van der Waals surface area contributed by atoms with Crippen LogP contribution in [0, 0.1) is 13.8 Å². The number of ether oxygens (including phenoxy) is 1. The third-order valence-corrected chi connectivity index (χ3v) is 5.47. The quantitative estimate of drug-likeness (QED) is 0.786. The Morgan fingerprint density at radius 3 is 2.69 bits per heavy atom. The summed E-state index contributed by atoms with van der Waals surface area (Å²) in [5, 5.41) is 4.30. The van der Waals surface area contributed by atoms with E-state index >= 15 is 0 Å². The van der Waals surface area contributed by atoms with E-state index in [-0.39, 0.29) is 12.1 Å². The van der Waals surface area contributed by atoms with Gasteiger partial charge < -0.3 is 19.5 Å². The summed E-state index contributed by atoms with van der Waals surface area (Å²) in [6.07, 6.45) is 1.84. The average Bonchev–Trinajstić information content (AvgIpc) is 3.10. The van der Waals surface area contributed by atoms with Gasteiger partial charge in [0.05, 0.1) is 24.4 Å². The monoisotopic (exact) mass is 372 g/mol. The number of hydrogen-bond acceptors (Lipinski definition) is 3. The smallest absolute Gasteiger partial charge is 0.170 e. The number of pyridine rings is 1. The zero-order chi connectivity index (χ0) is 18.8. The third kappa shape index (κ3) is 3.35. The summed E-state index contributed by atoms with van der Waals surface area (Å²) in [5.74, 6) is 0. The van der Waals surface area contributed by atoms with Crippen molar-refractivity contribution in [1.82, 2.24) is 19.8 Å². The van der Waals surface area contributed by atoms with E-state index < -0.39 is 0 Å². The SMILES string of the molecule is COCCn1c(C)cc([C@@H]2[C@@H](c3ccccn3)NC(=S)N2C(C)C)c1C. The topological polar surface area (TPSA) is 42.3 Å². The summed E-state index contributed by atoms with van der Waals surface area (Å²) >= 11 is 5.68. The molecule has 0 unspecified atom stereocenters. The maximum Gasteiger partial charge on any atom is 0.170 e. The standard InChI is InChI=1S/C20H28N4OS/c1-13(2)24-19(16-12-14(3)23(15(16)4)10-11-25-5)18(22-20(24)26)17-8-6-7-9-21-17/h6-9,12-13,18-19H,10-11H2,1-5H3,(H,22,26)/t18-,19-/m1/s1. The molecule has 0 amide bonds. The first-order valence-corrected chi connectivity index (χ1v) is 9.51. The van der Waals surface area contributed by atoms with E-state index in [9.17, 15) is 0 Å². The van der Waals surface area contributed by atoms with Crippen LogP contribution in [0.1, 0.15) is 48.6 Å². The molecular formula is C20H28N4OS. The summed E-state index contributed by atoms with van der Waals surface area (Å²) in [6.45, 7) is 10.3. The molecule has 2 aromatic rings. The number of thiocarbonyl (C=S) groups is 1. The third-order valence-electron chi connectivity index (χ3n) is 5.14. The first-order valence-electron chi connectivity index (χ1n) is 9.11. The second-order valence-electron chi connectivity index (χ2n) is 7.10. The largest absolute Gasteiger partial charge is 0.383 e. The van der Waals surface area contributed by atoms with Gasteiger partial charge in [0, 0.05) is 37.3 Å². The lowest BCUT2D eigenvalue weighted by Gasteiger charge is -2.31. The Labute approximate surface area is 161 Å². The summed E-state index contributed by atoms with van der Waals surface area (Å²) < 4.78 is 7.61. The summed E-state index contributed by atoms with van der Waals surface area (Å²) in [4.78, 5) is 6.90. The zero-order valence-electron chi connectivity index (χ0n) is 16.2. The lowest BCUT2D eigenvalue weighted by atomic mass is 9.96. The molecule has 140 valence electrons. The molecule has 0 aliphatic carbocycles. The fourth-order valence-electron chi connectivity index (χ4n) is 3.91. The number of aryl methyl sites for hydroxylation is 1.